The molecule has 4 nitrogen and oxygen atoms in total. The molecule has 2 aromatic rings. The zero-order valence-electron chi connectivity index (χ0n) is 15.1. The summed E-state index contributed by atoms with van der Waals surface area (Å²) in [6.07, 6.45) is 9.65. The van der Waals surface area contributed by atoms with E-state index in [2.05, 4.69) is 50.9 Å². The van der Waals surface area contributed by atoms with E-state index in [0.29, 0.717) is 0 Å². The average Bonchev–Trinajstić information content (AvgIpc) is 2.63. The van der Waals surface area contributed by atoms with Crippen molar-refractivity contribution in [1.29, 1.82) is 0 Å². The first-order chi connectivity index (χ1) is 12.3. The molecule has 0 atom stereocenters. The molecule has 0 amide bonds. The van der Waals surface area contributed by atoms with Gasteiger partial charge in [0.2, 0.25) is 5.95 Å². The molecule has 0 bridgehead atoms. The molecule has 0 radical (unpaired) electrons. The monoisotopic (exact) mass is 336 g/mol. The van der Waals surface area contributed by atoms with Gasteiger partial charge in [0.25, 0.3) is 0 Å². The number of rotatable bonds is 8. The van der Waals surface area contributed by atoms with Crippen LogP contribution in [0.1, 0.15) is 43.4 Å². The van der Waals surface area contributed by atoms with E-state index >= 15 is 0 Å². The van der Waals surface area contributed by atoms with Gasteiger partial charge in [-0.2, -0.15) is 4.98 Å². The summed E-state index contributed by atoms with van der Waals surface area (Å²) >= 11 is 0. The molecule has 4 heteroatoms. The summed E-state index contributed by atoms with van der Waals surface area (Å²) in [5.41, 5.74) is 3.89. The van der Waals surface area contributed by atoms with Crippen molar-refractivity contribution in [2.75, 3.05) is 23.7 Å². The van der Waals surface area contributed by atoms with E-state index < -0.39 is 0 Å². The van der Waals surface area contributed by atoms with Crippen LogP contribution in [-0.2, 0) is 6.42 Å². The van der Waals surface area contributed by atoms with Crippen LogP contribution >= 0.6 is 0 Å². The molecular weight excluding hydrogens is 308 g/mol. The van der Waals surface area contributed by atoms with Crippen molar-refractivity contribution in [3.63, 3.8) is 0 Å². The van der Waals surface area contributed by atoms with E-state index in [1.165, 1.54) is 31.2 Å². The van der Waals surface area contributed by atoms with Gasteiger partial charge in [-0.15, -0.1) is 0 Å². The minimum atomic E-state index is 0.721. The summed E-state index contributed by atoms with van der Waals surface area (Å²) in [6, 6.07) is 12.5. The number of nitrogens with zero attached hydrogens (tertiary/aromatic N) is 2. The molecule has 1 aliphatic rings. The van der Waals surface area contributed by atoms with Gasteiger partial charge in [0.1, 0.15) is 5.82 Å². The normalized spacial score (nSPS) is 14.0. The summed E-state index contributed by atoms with van der Waals surface area (Å²) in [7, 11) is 0. The highest BCUT2D eigenvalue weighted by atomic mass is 15.1. The lowest BCUT2D eigenvalue weighted by atomic mass is 9.97. The van der Waals surface area contributed by atoms with Crippen LogP contribution in [0.15, 0.2) is 48.0 Å². The smallest absolute Gasteiger partial charge is 0.224 e. The second kappa shape index (κ2) is 9.21. The van der Waals surface area contributed by atoms with Crippen LogP contribution in [0, 0.1) is 6.92 Å². The van der Waals surface area contributed by atoms with Crippen molar-refractivity contribution in [3.8, 4) is 0 Å². The molecule has 1 heterocycles. The van der Waals surface area contributed by atoms with E-state index in [0.717, 1.165) is 43.4 Å². The third-order valence-electron chi connectivity index (χ3n) is 4.53. The van der Waals surface area contributed by atoms with Crippen LogP contribution in [0.25, 0.3) is 0 Å². The number of aryl methyl sites for hydroxylation is 1. The Bertz CT molecular complexity index is 694. The van der Waals surface area contributed by atoms with Crippen LogP contribution in [-0.4, -0.2) is 23.1 Å². The molecule has 0 fully saturated rings. The fourth-order valence-corrected chi connectivity index (χ4v) is 3.18. The van der Waals surface area contributed by atoms with Gasteiger partial charge in [0.15, 0.2) is 0 Å². The van der Waals surface area contributed by atoms with Gasteiger partial charge in [-0.1, -0.05) is 42.0 Å². The first-order valence-corrected chi connectivity index (χ1v) is 9.35. The molecule has 2 N–H and O–H groups in total. The van der Waals surface area contributed by atoms with E-state index in [1.807, 2.05) is 19.1 Å². The molecule has 0 saturated carbocycles. The molecule has 0 saturated heterocycles. The van der Waals surface area contributed by atoms with Gasteiger partial charge >= 0.3 is 0 Å². The van der Waals surface area contributed by atoms with Crippen molar-refractivity contribution in [3.05, 3.63) is 59.3 Å². The standard InChI is InChI=1S/C21H28N4/c1-17-16-20(22-14-12-18-8-4-2-5-9-18)25-21(24-17)23-15-13-19-10-6-3-7-11-19/h2,4-5,8-10,16H,3,6-7,11-15H2,1H3,(H2,22,23,24,25). The van der Waals surface area contributed by atoms with Gasteiger partial charge < -0.3 is 10.6 Å². The predicted octanol–water partition coefficient (Wildman–Crippen LogP) is 4.74. The van der Waals surface area contributed by atoms with Crippen LogP contribution in [0.5, 0.6) is 0 Å². The predicted molar refractivity (Wildman–Crippen MR) is 105 cm³/mol. The number of benzene rings is 1. The topological polar surface area (TPSA) is 49.8 Å². The van der Waals surface area contributed by atoms with Crippen molar-refractivity contribution >= 4 is 11.8 Å². The summed E-state index contributed by atoms with van der Waals surface area (Å²) in [5, 5.41) is 6.79. The number of anilines is 2. The molecule has 1 aliphatic carbocycles. The lowest BCUT2D eigenvalue weighted by Gasteiger charge is -2.13. The summed E-state index contributed by atoms with van der Waals surface area (Å²) < 4.78 is 0. The molecule has 132 valence electrons. The lowest BCUT2D eigenvalue weighted by Crippen LogP contribution is -2.11. The fourth-order valence-electron chi connectivity index (χ4n) is 3.18. The first kappa shape index (κ1) is 17.5. The van der Waals surface area contributed by atoms with Gasteiger partial charge in [-0.05, 0) is 51.0 Å². The molecule has 3 rings (SSSR count). The summed E-state index contributed by atoms with van der Waals surface area (Å²) in [6.45, 7) is 3.78. The molecule has 1 aromatic heterocycles. The second-order valence-electron chi connectivity index (χ2n) is 6.67. The van der Waals surface area contributed by atoms with Crippen LogP contribution < -0.4 is 10.6 Å². The van der Waals surface area contributed by atoms with Crippen molar-refractivity contribution in [2.45, 2.75) is 45.4 Å². The zero-order chi connectivity index (χ0) is 17.3. The molecule has 1 aromatic carbocycles. The maximum atomic E-state index is 4.59. The van der Waals surface area contributed by atoms with Gasteiger partial charge in [0.05, 0.1) is 0 Å². The Balaban J connectivity index is 1.48. The largest absolute Gasteiger partial charge is 0.370 e. The van der Waals surface area contributed by atoms with Crippen LogP contribution in [0.4, 0.5) is 11.8 Å². The summed E-state index contributed by atoms with van der Waals surface area (Å²) in [4.78, 5) is 9.10. The van der Waals surface area contributed by atoms with Crippen molar-refractivity contribution in [2.24, 2.45) is 0 Å². The number of hydrogen-bond acceptors (Lipinski definition) is 4. The van der Waals surface area contributed by atoms with Crippen molar-refractivity contribution in [1.82, 2.24) is 9.97 Å². The molecule has 0 spiro atoms. The highest BCUT2D eigenvalue weighted by Gasteiger charge is 2.05. The number of aromatic nitrogens is 2. The van der Waals surface area contributed by atoms with E-state index in [1.54, 1.807) is 5.57 Å². The maximum absolute atomic E-state index is 4.59. The molecule has 0 unspecified atom stereocenters. The fraction of sp³-hybridized carbons (Fsp3) is 0.429. The number of nitrogens with one attached hydrogen (secondary N) is 2. The first-order valence-electron chi connectivity index (χ1n) is 9.35. The summed E-state index contributed by atoms with van der Waals surface area (Å²) in [5.74, 6) is 1.61. The third-order valence-corrected chi connectivity index (χ3v) is 4.53. The second-order valence-corrected chi connectivity index (χ2v) is 6.67. The molecule has 0 aliphatic heterocycles. The minimum Gasteiger partial charge on any atom is -0.370 e. The Kier molecular flexibility index (Phi) is 6.43. The van der Waals surface area contributed by atoms with Gasteiger partial charge in [0, 0.05) is 24.8 Å². The van der Waals surface area contributed by atoms with Gasteiger partial charge in [-0.25, -0.2) is 4.98 Å². The molecular formula is C21H28N4. The average molecular weight is 336 g/mol. The maximum Gasteiger partial charge on any atom is 0.224 e. The Morgan fingerprint density at radius 2 is 1.80 bits per heavy atom. The van der Waals surface area contributed by atoms with E-state index in [9.17, 15) is 0 Å². The highest BCUT2D eigenvalue weighted by molar-refractivity contribution is 5.42. The van der Waals surface area contributed by atoms with Crippen molar-refractivity contribution < 1.29 is 0 Å². The Morgan fingerprint density at radius 1 is 0.960 bits per heavy atom. The number of hydrogen-bond donors (Lipinski definition) is 2. The Hall–Kier alpha value is -2.36. The number of allylic oxidation sites excluding steroid dienone is 1. The molecule has 25 heavy (non-hydrogen) atoms. The minimum absolute atomic E-state index is 0.721. The zero-order valence-corrected chi connectivity index (χ0v) is 15.1. The highest BCUT2D eigenvalue weighted by Crippen LogP contribution is 2.20. The Morgan fingerprint density at radius 3 is 2.60 bits per heavy atom. The van der Waals surface area contributed by atoms with E-state index in [-0.39, 0.29) is 0 Å². The lowest BCUT2D eigenvalue weighted by molar-refractivity contribution is 0.679. The Labute approximate surface area is 150 Å². The van der Waals surface area contributed by atoms with Crippen LogP contribution in [0.2, 0.25) is 0 Å². The van der Waals surface area contributed by atoms with E-state index in [4.69, 9.17) is 0 Å². The van der Waals surface area contributed by atoms with Gasteiger partial charge in [-0.3, -0.25) is 0 Å². The quantitative estimate of drug-likeness (QED) is 0.684. The SMILES string of the molecule is Cc1cc(NCCc2ccccc2)nc(NCCC2=CCCCC2)n1. The third kappa shape index (κ3) is 5.89. The van der Waals surface area contributed by atoms with Crippen LogP contribution in [0.3, 0.4) is 0 Å².